The predicted molar refractivity (Wildman–Crippen MR) is 105 cm³/mol. The van der Waals surface area contributed by atoms with E-state index in [1.165, 1.54) is 12.1 Å². The van der Waals surface area contributed by atoms with Gasteiger partial charge in [-0.15, -0.1) is 0 Å². The molecule has 0 saturated heterocycles. The molecule has 150 valence electrons. The number of hydrogen-bond acceptors (Lipinski definition) is 7. The summed E-state index contributed by atoms with van der Waals surface area (Å²) >= 11 is 0.980. The summed E-state index contributed by atoms with van der Waals surface area (Å²) in [6.07, 6.45) is -1.63. The molecule has 27 heavy (non-hydrogen) atoms. The minimum absolute atomic E-state index is 0.132. The smallest absolute Gasteiger partial charge is 0.427 e. The number of phenolic OH excluding ortho intramolecular Hbond substituents is 1. The van der Waals surface area contributed by atoms with Crippen LogP contribution in [-0.4, -0.2) is 38.8 Å². The van der Waals surface area contributed by atoms with Gasteiger partial charge >= 0.3 is 12.2 Å². The van der Waals surface area contributed by atoms with Crippen LogP contribution >= 0.6 is 11.9 Å². The summed E-state index contributed by atoms with van der Waals surface area (Å²) in [6, 6.07) is 6.44. The average Bonchev–Trinajstić information content (AvgIpc) is 2.45. The number of nitrogens with one attached hydrogen (secondary N) is 2. The Balaban J connectivity index is 2.85. The van der Waals surface area contributed by atoms with Gasteiger partial charge in [-0.2, -0.15) is 4.31 Å². The molecular weight excluding hydrogens is 370 g/mol. The van der Waals surface area contributed by atoms with E-state index in [0.717, 1.165) is 21.8 Å². The summed E-state index contributed by atoms with van der Waals surface area (Å²) in [6.45, 7) is 10.2. The van der Waals surface area contributed by atoms with E-state index in [1.54, 1.807) is 53.7 Å². The van der Waals surface area contributed by atoms with Gasteiger partial charge in [0, 0.05) is 5.75 Å². The fraction of sp³-hybridized carbons (Fsp3) is 0.500. The van der Waals surface area contributed by atoms with Crippen molar-refractivity contribution < 1.29 is 24.2 Å². The van der Waals surface area contributed by atoms with Gasteiger partial charge in [0.25, 0.3) is 0 Å². The number of carbonyl (C=O) groups is 2. The van der Waals surface area contributed by atoms with Gasteiger partial charge in [0.15, 0.2) is 0 Å². The lowest BCUT2D eigenvalue weighted by Gasteiger charge is -2.27. The first-order chi connectivity index (χ1) is 12.3. The van der Waals surface area contributed by atoms with E-state index in [9.17, 15) is 14.7 Å². The Bertz CT molecular complexity index is 678. The van der Waals surface area contributed by atoms with Crippen LogP contribution < -0.4 is 5.32 Å². The quantitative estimate of drug-likeness (QED) is 0.400. The van der Waals surface area contributed by atoms with Crippen molar-refractivity contribution in [2.45, 2.75) is 58.5 Å². The van der Waals surface area contributed by atoms with Crippen LogP contribution in [0.4, 0.5) is 9.59 Å². The average molecular weight is 397 g/mol. The molecule has 2 amide bonds. The molecule has 0 aliphatic heterocycles. The highest BCUT2D eigenvalue weighted by Gasteiger charge is 2.28. The van der Waals surface area contributed by atoms with Crippen LogP contribution in [0.1, 0.15) is 47.1 Å². The molecule has 0 saturated carbocycles. The molecule has 3 N–H and O–H groups in total. The molecular formula is C18H27N3O5S. The molecule has 0 aliphatic carbocycles. The molecule has 1 aromatic rings. The number of nitrogens with zero attached hydrogens (tertiary/aromatic N) is 1. The molecule has 1 rings (SSSR count). The Morgan fingerprint density at radius 3 is 2.07 bits per heavy atom. The second-order valence-electron chi connectivity index (χ2n) is 7.69. The van der Waals surface area contributed by atoms with Crippen molar-refractivity contribution in [3.8, 4) is 5.75 Å². The molecule has 0 aromatic heterocycles. The van der Waals surface area contributed by atoms with Crippen LogP contribution in [0.25, 0.3) is 0 Å². The molecule has 0 radical (unpaired) electrons. The second-order valence-corrected chi connectivity index (χ2v) is 8.60. The molecule has 0 aliphatic rings. The first-order valence-corrected chi connectivity index (χ1v) is 9.23. The first-order valence-electron chi connectivity index (χ1n) is 8.29. The van der Waals surface area contributed by atoms with Crippen LogP contribution in [0, 0.1) is 5.41 Å². The summed E-state index contributed by atoms with van der Waals surface area (Å²) in [5, 5.41) is 19.7. The van der Waals surface area contributed by atoms with E-state index in [0.29, 0.717) is 5.75 Å². The summed E-state index contributed by atoms with van der Waals surface area (Å²) in [5.41, 5.74) is -0.683. The molecule has 0 unspecified atom stereocenters. The Kier molecular flexibility index (Phi) is 7.53. The van der Waals surface area contributed by atoms with Crippen molar-refractivity contribution in [1.82, 2.24) is 9.62 Å². The van der Waals surface area contributed by atoms with E-state index in [-0.39, 0.29) is 5.75 Å². The van der Waals surface area contributed by atoms with E-state index < -0.39 is 29.3 Å². The van der Waals surface area contributed by atoms with Gasteiger partial charge in [0.2, 0.25) is 5.96 Å². The van der Waals surface area contributed by atoms with Crippen molar-refractivity contribution >= 4 is 30.1 Å². The second kappa shape index (κ2) is 8.98. The third kappa shape index (κ3) is 9.18. The van der Waals surface area contributed by atoms with Crippen molar-refractivity contribution in [3.05, 3.63) is 29.8 Å². The number of phenols is 1. The minimum atomic E-state index is -0.841. The number of amides is 2. The lowest BCUT2D eigenvalue weighted by molar-refractivity contribution is 0.0463. The zero-order valence-corrected chi connectivity index (χ0v) is 17.3. The maximum absolute atomic E-state index is 12.5. The highest BCUT2D eigenvalue weighted by Crippen LogP contribution is 2.22. The van der Waals surface area contributed by atoms with Crippen LogP contribution in [0.15, 0.2) is 24.3 Å². The van der Waals surface area contributed by atoms with Gasteiger partial charge in [-0.25, -0.2) is 9.59 Å². The van der Waals surface area contributed by atoms with Crippen LogP contribution in [-0.2, 0) is 15.2 Å². The number of ether oxygens (including phenoxy) is 2. The van der Waals surface area contributed by atoms with Crippen molar-refractivity contribution in [2.75, 3.05) is 0 Å². The van der Waals surface area contributed by atoms with Crippen molar-refractivity contribution in [2.24, 2.45) is 0 Å². The lowest BCUT2D eigenvalue weighted by Crippen LogP contribution is -2.46. The Hall–Kier alpha value is -2.42. The van der Waals surface area contributed by atoms with Crippen LogP contribution in [0.3, 0.4) is 0 Å². The summed E-state index contributed by atoms with van der Waals surface area (Å²) in [4.78, 5) is 24.4. The standard InChI is InChI=1S/C18H27N3O5S/c1-17(2,3)25-15(23)20-14(19)21(16(24)26-18(4,5)6)27-11-12-7-9-13(22)10-8-12/h7-10,22H,11H2,1-6H3,(H2,19,20,23). The molecule has 0 bridgehead atoms. The van der Waals surface area contributed by atoms with Gasteiger partial charge in [-0.05, 0) is 71.2 Å². The number of hydrogen-bond donors (Lipinski definition) is 3. The fourth-order valence-corrected chi connectivity index (χ4v) is 2.48. The SMILES string of the molecule is CC(C)(C)OC(=O)NC(=N)N(SCc1ccc(O)cc1)C(=O)OC(C)(C)C. The third-order valence-corrected chi connectivity index (χ3v) is 3.73. The van der Waals surface area contributed by atoms with E-state index in [1.807, 2.05) is 0 Å². The molecule has 9 heteroatoms. The molecule has 0 heterocycles. The molecule has 1 aromatic carbocycles. The summed E-state index contributed by atoms with van der Waals surface area (Å²) in [5.74, 6) is -0.0212. The lowest BCUT2D eigenvalue weighted by atomic mass is 10.2. The zero-order chi connectivity index (χ0) is 20.8. The number of alkyl carbamates (subject to hydrolysis) is 1. The maximum Gasteiger partial charge on any atom is 0.427 e. The normalized spacial score (nSPS) is 11.5. The Morgan fingerprint density at radius 2 is 1.59 bits per heavy atom. The monoisotopic (exact) mass is 397 g/mol. The molecule has 0 atom stereocenters. The summed E-state index contributed by atoms with van der Waals surface area (Å²) < 4.78 is 11.4. The fourth-order valence-electron chi connectivity index (χ4n) is 1.69. The van der Waals surface area contributed by atoms with Gasteiger partial charge in [-0.1, -0.05) is 12.1 Å². The van der Waals surface area contributed by atoms with E-state index in [2.05, 4.69) is 5.32 Å². The highest BCUT2D eigenvalue weighted by molar-refractivity contribution is 7.97. The number of carbonyl (C=O) groups excluding carboxylic acids is 2. The van der Waals surface area contributed by atoms with Crippen molar-refractivity contribution in [3.63, 3.8) is 0 Å². The molecule has 8 nitrogen and oxygen atoms in total. The molecule has 0 spiro atoms. The van der Waals surface area contributed by atoms with Gasteiger partial charge < -0.3 is 14.6 Å². The maximum atomic E-state index is 12.5. The number of aromatic hydroxyl groups is 1. The van der Waals surface area contributed by atoms with Gasteiger partial charge in [-0.3, -0.25) is 10.7 Å². The highest BCUT2D eigenvalue weighted by atomic mass is 32.2. The predicted octanol–water partition coefficient (Wildman–Crippen LogP) is 4.24. The van der Waals surface area contributed by atoms with Crippen LogP contribution in [0.2, 0.25) is 0 Å². The molecule has 0 fully saturated rings. The first kappa shape index (κ1) is 22.6. The number of benzene rings is 1. The topological polar surface area (TPSA) is 112 Å². The summed E-state index contributed by atoms with van der Waals surface area (Å²) in [7, 11) is 0. The van der Waals surface area contributed by atoms with Gasteiger partial charge in [0.1, 0.15) is 17.0 Å². The van der Waals surface area contributed by atoms with Gasteiger partial charge in [0.05, 0.1) is 0 Å². The zero-order valence-electron chi connectivity index (χ0n) is 16.5. The minimum Gasteiger partial charge on any atom is -0.508 e. The van der Waals surface area contributed by atoms with E-state index in [4.69, 9.17) is 14.9 Å². The number of guanidine groups is 1. The third-order valence-electron chi connectivity index (χ3n) is 2.68. The van der Waals surface area contributed by atoms with Crippen LogP contribution in [0.5, 0.6) is 5.75 Å². The van der Waals surface area contributed by atoms with E-state index >= 15 is 0 Å². The van der Waals surface area contributed by atoms with Crippen molar-refractivity contribution in [1.29, 1.82) is 5.41 Å². The Labute approximate surface area is 163 Å². The Morgan fingerprint density at radius 1 is 1.07 bits per heavy atom. The largest absolute Gasteiger partial charge is 0.508 e. The number of rotatable bonds is 3.